The van der Waals surface area contributed by atoms with Crippen molar-refractivity contribution < 1.29 is 9.59 Å². The first kappa shape index (κ1) is 19.2. The molecule has 0 bridgehead atoms. The Hall–Kier alpha value is -2.56. The number of thioether (sulfide) groups is 1. The van der Waals surface area contributed by atoms with Gasteiger partial charge in [-0.25, -0.2) is 0 Å². The summed E-state index contributed by atoms with van der Waals surface area (Å²) in [4.78, 5) is 26.3. The summed E-state index contributed by atoms with van der Waals surface area (Å²) in [6, 6.07) is 16.9. The molecule has 1 aliphatic rings. The number of benzene rings is 2. The van der Waals surface area contributed by atoms with Crippen LogP contribution >= 0.6 is 27.7 Å². The fourth-order valence-electron chi connectivity index (χ4n) is 2.88. The van der Waals surface area contributed by atoms with E-state index in [1.807, 2.05) is 37.3 Å². The van der Waals surface area contributed by atoms with Crippen LogP contribution in [0.15, 0.2) is 63.6 Å². The Bertz CT molecular complexity index is 979. The van der Waals surface area contributed by atoms with Crippen LogP contribution in [-0.2, 0) is 16.0 Å². The molecule has 136 valence electrons. The van der Waals surface area contributed by atoms with Crippen LogP contribution in [0, 0.1) is 18.3 Å². The summed E-state index contributed by atoms with van der Waals surface area (Å²) in [6.45, 7) is 1.99. The lowest BCUT2D eigenvalue weighted by atomic mass is 10.1. The van der Waals surface area contributed by atoms with Gasteiger partial charge in [-0.05, 0) is 43.2 Å². The Morgan fingerprint density at radius 1 is 1.30 bits per heavy atom. The van der Waals surface area contributed by atoms with E-state index in [-0.39, 0.29) is 16.5 Å². The van der Waals surface area contributed by atoms with Gasteiger partial charge in [-0.3, -0.25) is 14.5 Å². The number of amides is 2. The number of primary amides is 1. The second-order valence-corrected chi connectivity index (χ2v) is 8.21. The van der Waals surface area contributed by atoms with E-state index in [1.54, 1.807) is 24.3 Å². The number of aryl methyl sites for hydroxylation is 1. The van der Waals surface area contributed by atoms with Gasteiger partial charge in [-0.2, -0.15) is 5.26 Å². The summed E-state index contributed by atoms with van der Waals surface area (Å²) in [5, 5.41) is 9.25. The lowest BCUT2D eigenvalue weighted by Gasteiger charge is -2.18. The minimum absolute atomic E-state index is 0.173. The molecule has 0 radical (unpaired) electrons. The molecule has 1 heterocycles. The predicted molar refractivity (Wildman–Crippen MR) is 110 cm³/mol. The quantitative estimate of drug-likeness (QED) is 0.578. The minimum atomic E-state index is -0.842. The van der Waals surface area contributed by atoms with E-state index in [0.717, 1.165) is 15.6 Å². The molecule has 2 aromatic carbocycles. The third kappa shape index (κ3) is 4.07. The van der Waals surface area contributed by atoms with Crippen LogP contribution in [0.2, 0.25) is 0 Å². The van der Waals surface area contributed by atoms with Crippen LogP contribution in [0.4, 0.5) is 5.69 Å². The number of halogens is 1. The molecule has 2 amide bonds. The molecule has 0 aromatic heterocycles. The average molecular weight is 442 g/mol. The second kappa shape index (κ2) is 7.99. The number of anilines is 1. The molecule has 1 saturated heterocycles. The van der Waals surface area contributed by atoms with E-state index in [0.29, 0.717) is 12.1 Å². The zero-order valence-corrected chi connectivity index (χ0v) is 16.9. The summed E-state index contributed by atoms with van der Waals surface area (Å²) in [7, 11) is 0. The standard InChI is InChI=1S/C20H16BrN3O2S/c1-12-3-2-4-13(9-12)10-17-19(26)24(15-7-5-14(21)6-8-15)20(27-17)16(11-22)18(23)25/h2-9,17H,10H2,1H3,(H2,23,25)/b20-16+/t17-/m0/s1. The lowest BCUT2D eigenvalue weighted by molar-refractivity contribution is -0.117. The predicted octanol–water partition coefficient (Wildman–Crippen LogP) is 3.67. The largest absolute Gasteiger partial charge is 0.365 e. The van der Waals surface area contributed by atoms with Crippen LogP contribution in [0.1, 0.15) is 11.1 Å². The Morgan fingerprint density at radius 2 is 2.00 bits per heavy atom. The summed E-state index contributed by atoms with van der Waals surface area (Å²) in [5.41, 5.74) is 7.89. The van der Waals surface area contributed by atoms with E-state index >= 15 is 0 Å². The first-order valence-electron chi connectivity index (χ1n) is 8.16. The SMILES string of the molecule is Cc1cccc(C[C@@H]2S/C(=C(\C#N)C(N)=O)N(c3ccc(Br)cc3)C2=O)c1. The molecule has 2 aromatic rings. The first-order chi connectivity index (χ1) is 12.9. The number of carbonyl (C=O) groups is 2. The molecule has 27 heavy (non-hydrogen) atoms. The maximum atomic E-state index is 13.1. The van der Waals surface area contributed by atoms with Crippen molar-refractivity contribution in [3.63, 3.8) is 0 Å². The van der Waals surface area contributed by atoms with Crippen LogP contribution in [0.5, 0.6) is 0 Å². The molecule has 0 unspecified atom stereocenters. The van der Waals surface area contributed by atoms with Crippen molar-refractivity contribution in [1.29, 1.82) is 5.26 Å². The van der Waals surface area contributed by atoms with Gasteiger partial charge in [0, 0.05) is 10.2 Å². The van der Waals surface area contributed by atoms with Gasteiger partial charge >= 0.3 is 0 Å². The molecule has 1 aliphatic heterocycles. The molecule has 5 nitrogen and oxygen atoms in total. The van der Waals surface area contributed by atoms with Crippen molar-refractivity contribution in [3.8, 4) is 6.07 Å². The molecule has 1 atom stereocenters. The maximum absolute atomic E-state index is 13.1. The Balaban J connectivity index is 2.03. The summed E-state index contributed by atoms with van der Waals surface area (Å²) < 4.78 is 0.864. The third-order valence-electron chi connectivity index (χ3n) is 4.11. The number of nitrogens with two attached hydrogens (primary N) is 1. The summed E-state index contributed by atoms with van der Waals surface area (Å²) in [6.07, 6.45) is 0.499. The summed E-state index contributed by atoms with van der Waals surface area (Å²) >= 11 is 4.57. The number of hydrogen-bond acceptors (Lipinski definition) is 4. The van der Waals surface area contributed by atoms with Gasteiger partial charge < -0.3 is 5.73 Å². The van der Waals surface area contributed by atoms with Crippen molar-refractivity contribution in [2.24, 2.45) is 5.73 Å². The number of nitrogens with zero attached hydrogens (tertiary/aromatic N) is 2. The van der Waals surface area contributed by atoms with E-state index < -0.39 is 11.2 Å². The Morgan fingerprint density at radius 3 is 2.59 bits per heavy atom. The topological polar surface area (TPSA) is 87.2 Å². The van der Waals surface area contributed by atoms with Gasteiger partial charge in [0.15, 0.2) is 0 Å². The monoisotopic (exact) mass is 441 g/mol. The molecular formula is C20H16BrN3O2S. The molecule has 2 N–H and O–H groups in total. The Labute approximate surface area is 170 Å². The number of carbonyl (C=O) groups excluding carboxylic acids is 2. The number of nitriles is 1. The fraction of sp³-hybridized carbons (Fsp3) is 0.150. The van der Waals surface area contributed by atoms with Gasteiger partial charge in [-0.15, -0.1) is 0 Å². The van der Waals surface area contributed by atoms with E-state index in [4.69, 9.17) is 5.73 Å². The molecule has 7 heteroatoms. The lowest BCUT2D eigenvalue weighted by Crippen LogP contribution is -2.31. The zero-order valence-electron chi connectivity index (χ0n) is 14.5. The molecule has 0 aliphatic carbocycles. The fourth-order valence-corrected chi connectivity index (χ4v) is 4.46. The smallest absolute Gasteiger partial charge is 0.262 e. The van der Waals surface area contributed by atoms with Gasteiger partial charge in [0.05, 0.1) is 5.25 Å². The van der Waals surface area contributed by atoms with Crippen molar-refractivity contribution in [2.45, 2.75) is 18.6 Å². The molecule has 0 spiro atoms. The van der Waals surface area contributed by atoms with Crippen molar-refractivity contribution in [2.75, 3.05) is 4.90 Å². The van der Waals surface area contributed by atoms with E-state index in [9.17, 15) is 14.9 Å². The number of hydrogen-bond donors (Lipinski definition) is 1. The van der Waals surface area contributed by atoms with Crippen LogP contribution in [0.3, 0.4) is 0 Å². The first-order valence-corrected chi connectivity index (χ1v) is 9.84. The maximum Gasteiger partial charge on any atom is 0.262 e. The third-order valence-corrected chi connectivity index (χ3v) is 5.90. The highest BCUT2D eigenvalue weighted by Gasteiger charge is 2.40. The summed E-state index contributed by atoms with van der Waals surface area (Å²) in [5.74, 6) is -1.01. The second-order valence-electron chi connectivity index (χ2n) is 6.11. The average Bonchev–Trinajstić information content (AvgIpc) is 2.92. The van der Waals surface area contributed by atoms with E-state index in [1.165, 1.54) is 16.7 Å². The highest BCUT2D eigenvalue weighted by Crippen LogP contribution is 2.42. The highest BCUT2D eigenvalue weighted by molar-refractivity contribution is 9.10. The van der Waals surface area contributed by atoms with Crippen LogP contribution < -0.4 is 10.6 Å². The van der Waals surface area contributed by atoms with Gasteiger partial charge in [-0.1, -0.05) is 57.5 Å². The van der Waals surface area contributed by atoms with Crippen LogP contribution in [-0.4, -0.2) is 17.1 Å². The Kier molecular flexibility index (Phi) is 5.68. The van der Waals surface area contributed by atoms with Crippen molar-refractivity contribution in [3.05, 3.63) is 74.7 Å². The molecule has 3 rings (SSSR count). The van der Waals surface area contributed by atoms with Gasteiger partial charge in [0.1, 0.15) is 16.7 Å². The van der Waals surface area contributed by atoms with Crippen molar-refractivity contribution in [1.82, 2.24) is 0 Å². The van der Waals surface area contributed by atoms with E-state index in [2.05, 4.69) is 15.9 Å². The highest BCUT2D eigenvalue weighted by atomic mass is 79.9. The molecule has 1 fully saturated rings. The number of rotatable bonds is 4. The van der Waals surface area contributed by atoms with Gasteiger partial charge in [0.25, 0.3) is 5.91 Å². The minimum Gasteiger partial charge on any atom is -0.365 e. The van der Waals surface area contributed by atoms with Crippen LogP contribution in [0.25, 0.3) is 0 Å². The molecular weight excluding hydrogens is 426 g/mol. The zero-order chi connectivity index (χ0) is 19.6. The van der Waals surface area contributed by atoms with Crippen molar-refractivity contribution >= 4 is 45.2 Å². The molecule has 0 saturated carbocycles. The van der Waals surface area contributed by atoms with Gasteiger partial charge in [0.2, 0.25) is 5.91 Å². The normalized spacial score (nSPS) is 18.3.